The van der Waals surface area contributed by atoms with Crippen LogP contribution in [0.15, 0.2) is 18.2 Å². The zero-order valence-corrected chi connectivity index (χ0v) is 12.4. The predicted molar refractivity (Wildman–Crippen MR) is 78.7 cm³/mol. The summed E-state index contributed by atoms with van der Waals surface area (Å²) in [4.78, 5) is 10.4. The minimum atomic E-state index is -0.726. The number of hydrogen-bond donors (Lipinski definition) is 2. The predicted octanol–water partition coefficient (Wildman–Crippen LogP) is 3.04. The fourth-order valence-corrected chi connectivity index (χ4v) is 2.33. The molecule has 0 amide bonds. The van der Waals surface area contributed by atoms with Crippen LogP contribution in [0.25, 0.3) is 0 Å². The summed E-state index contributed by atoms with van der Waals surface area (Å²) >= 11 is 0. The van der Waals surface area contributed by atoms with Crippen molar-refractivity contribution in [3.63, 3.8) is 0 Å². The highest BCUT2D eigenvalue weighted by Crippen LogP contribution is 2.26. The summed E-state index contributed by atoms with van der Waals surface area (Å²) in [7, 11) is 0. The third-order valence-corrected chi connectivity index (χ3v) is 3.43. The van der Waals surface area contributed by atoms with E-state index in [-0.39, 0.29) is 11.8 Å². The fourth-order valence-electron chi connectivity index (χ4n) is 2.33. The van der Waals surface area contributed by atoms with Gasteiger partial charge in [0.05, 0.1) is 0 Å². The minimum absolute atomic E-state index is 0.0549. The molecule has 0 atom stereocenters. The molecule has 0 saturated heterocycles. The Morgan fingerprint density at radius 2 is 2.00 bits per heavy atom. The van der Waals surface area contributed by atoms with Crippen molar-refractivity contribution in [2.45, 2.75) is 46.0 Å². The van der Waals surface area contributed by atoms with E-state index in [1.165, 1.54) is 16.7 Å². The molecule has 1 aromatic rings. The second-order valence-corrected chi connectivity index (χ2v) is 5.88. The summed E-state index contributed by atoms with van der Waals surface area (Å²) in [6, 6.07) is 6.54. The quantitative estimate of drug-likeness (QED) is 0.743. The van der Waals surface area contributed by atoms with Crippen LogP contribution in [-0.2, 0) is 10.2 Å². The van der Waals surface area contributed by atoms with Crippen molar-refractivity contribution in [3.8, 4) is 0 Å². The smallest absolute Gasteiger partial charge is 0.303 e. The third-order valence-electron chi connectivity index (χ3n) is 3.43. The monoisotopic (exact) mass is 263 g/mol. The lowest BCUT2D eigenvalue weighted by molar-refractivity contribution is -0.137. The van der Waals surface area contributed by atoms with Crippen LogP contribution in [0.1, 0.15) is 43.4 Å². The van der Waals surface area contributed by atoms with Crippen molar-refractivity contribution in [2.24, 2.45) is 0 Å². The Hall–Kier alpha value is -1.35. The van der Waals surface area contributed by atoms with Crippen molar-refractivity contribution in [1.29, 1.82) is 0 Å². The van der Waals surface area contributed by atoms with E-state index in [0.717, 1.165) is 13.1 Å². The summed E-state index contributed by atoms with van der Waals surface area (Å²) in [6.07, 6.45) is 0.912. The number of aryl methyl sites for hydroxylation is 2. The molecular formula is C16H25NO2. The van der Waals surface area contributed by atoms with Gasteiger partial charge in [-0.25, -0.2) is 0 Å². The van der Waals surface area contributed by atoms with E-state index in [1.54, 1.807) is 0 Å². The first-order valence-corrected chi connectivity index (χ1v) is 6.83. The van der Waals surface area contributed by atoms with Crippen molar-refractivity contribution < 1.29 is 9.90 Å². The lowest BCUT2D eigenvalue weighted by atomic mass is 9.81. The van der Waals surface area contributed by atoms with E-state index >= 15 is 0 Å². The van der Waals surface area contributed by atoms with Gasteiger partial charge in [0.15, 0.2) is 0 Å². The molecule has 106 valence electrons. The topological polar surface area (TPSA) is 49.3 Å². The molecule has 0 spiro atoms. The van der Waals surface area contributed by atoms with Crippen LogP contribution in [0.5, 0.6) is 0 Å². The van der Waals surface area contributed by atoms with Gasteiger partial charge in [-0.1, -0.05) is 37.6 Å². The standard InChI is InChI=1S/C16H25NO2/c1-12-7-8-13(2)14(10-12)16(3,4)11-17-9-5-6-15(18)19/h7-8,10,17H,5-6,9,11H2,1-4H3,(H,18,19). The number of rotatable bonds is 7. The molecular weight excluding hydrogens is 238 g/mol. The zero-order chi connectivity index (χ0) is 14.5. The van der Waals surface area contributed by atoms with Gasteiger partial charge >= 0.3 is 5.97 Å². The minimum Gasteiger partial charge on any atom is -0.481 e. The molecule has 0 aromatic heterocycles. The lowest BCUT2D eigenvalue weighted by Crippen LogP contribution is -2.34. The summed E-state index contributed by atoms with van der Waals surface area (Å²) < 4.78 is 0. The average molecular weight is 263 g/mol. The third kappa shape index (κ3) is 5.03. The first-order chi connectivity index (χ1) is 8.83. The Morgan fingerprint density at radius 1 is 1.32 bits per heavy atom. The molecule has 1 aromatic carbocycles. The Bertz CT molecular complexity index is 438. The van der Waals surface area contributed by atoms with E-state index in [2.05, 4.69) is 51.2 Å². The van der Waals surface area contributed by atoms with Gasteiger partial charge in [0.25, 0.3) is 0 Å². The highest BCUT2D eigenvalue weighted by atomic mass is 16.4. The molecule has 19 heavy (non-hydrogen) atoms. The van der Waals surface area contributed by atoms with Crippen molar-refractivity contribution in [3.05, 3.63) is 34.9 Å². The van der Waals surface area contributed by atoms with Crippen LogP contribution in [0.4, 0.5) is 0 Å². The Morgan fingerprint density at radius 3 is 2.63 bits per heavy atom. The van der Waals surface area contributed by atoms with Gasteiger partial charge in [-0.2, -0.15) is 0 Å². The first kappa shape index (κ1) is 15.7. The maximum absolute atomic E-state index is 10.4. The van der Waals surface area contributed by atoms with Crippen LogP contribution in [0.2, 0.25) is 0 Å². The highest BCUT2D eigenvalue weighted by Gasteiger charge is 2.22. The fraction of sp³-hybridized carbons (Fsp3) is 0.562. The van der Waals surface area contributed by atoms with Crippen LogP contribution in [-0.4, -0.2) is 24.2 Å². The second kappa shape index (κ2) is 6.71. The summed E-state index contributed by atoms with van der Waals surface area (Å²) in [5.74, 6) is -0.726. The van der Waals surface area contributed by atoms with Gasteiger partial charge in [-0.05, 0) is 37.9 Å². The number of carboxylic acid groups (broad SMARTS) is 1. The molecule has 1 rings (SSSR count). The van der Waals surface area contributed by atoms with Crippen molar-refractivity contribution in [1.82, 2.24) is 5.32 Å². The normalized spacial score (nSPS) is 11.6. The molecule has 0 aliphatic carbocycles. The summed E-state index contributed by atoms with van der Waals surface area (Å²) in [5, 5.41) is 12.0. The number of carboxylic acids is 1. The summed E-state index contributed by atoms with van der Waals surface area (Å²) in [5.41, 5.74) is 4.00. The largest absolute Gasteiger partial charge is 0.481 e. The molecule has 0 aliphatic heterocycles. The van der Waals surface area contributed by atoms with Gasteiger partial charge in [-0.15, -0.1) is 0 Å². The number of hydrogen-bond acceptors (Lipinski definition) is 2. The zero-order valence-electron chi connectivity index (χ0n) is 12.4. The lowest BCUT2D eigenvalue weighted by Gasteiger charge is -2.28. The van der Waals surface area contributed by atoms with Crippen LogP contribution < -0.4 is 5.32 Å². The Balaban J connectivity index is 2.55. The van der Waals surface area contributed by atoms with E-state index in [1.807, 2.05) is 0 Å². The van der Waals surface area contributed by atoms with Gasteiger partial charge < -0.3 is 10.4 Å². The van der Waals surface area contributed by atoms with E-state index in [4.69, 9.17) is 5.11 Å². The van der Waals surface area contributed by atoms with Crippen LogP contribution in [0, 0.1) is 13.8 Å². The number of carbonyl (C=O) groups is 1. The molecule has 0 radical (unpaired) electrons. The molecule has 3 nitrogen and oxygen atoms in total. The molecule has 0 unspecified atom stereocenters. The Labute approximate surface area is 116 Å². The molecule has 0 heterocycles. The van der Waals surface area contributed by atoms with Gasteiger partial charge in [0.1, 0.15) is 0 Å². The average Bonchev–Trinajstić information content (AvgIpc) is 2.31. The Kier molecular flexibility index (Phi) is 5.55. The van der Waals surface area contributed by atoms with Gasteiger partial charge in [0, 0.05) is 18.4 Å². The molecule has 0 bridgehead atoms. The molecule has 3 heteroatoms. The summed E-state index contributed by atoms with van der Waals surface area (Å²) in [6.45, 7) is 10.3. The highest BCUT2D eigenvalue weighted by molar-refractivity contribution is 5.66. The van der Waals surface area contributed by atoms with Gasteiger partial charge in [0.2, 0.25) is 0 Å². The number of aliphatic carboxylic acids is 1. The maximum atomic E-state index is 10.4. The van der Waals surface area contributed by atoms with Crippen LogP contribution >= 0.6 is 0 Å². The number of benzene rings is 1. The second-order valence-electron chi connectivity index (χ2n) is 5.88. The van der Waals surface area contributed by atoms with E-state index < -0.39 is 5.97 Å². The molecule has 2 N–H and O–H groups in total. The SMILES string of the molecule is Cc1ccc(C)c(C(C)(C)CNCCCC(=O)O)c1. The maximum Gasteiger partial charge on any atom is 0.303 e. The molecule has 0 fully saturated rings. The van der Waals surface area contributed by atoms with E-state index in [0.29, 0.717) is 6.42 Å². The van der Waals surface area contributed by atoms with E-state index in [9.17, 15) is 4.79 Å². The van der Waals surface area contributed by atoms with Crippen LogP contribution in [0.3, 0.4) is 0 Å². The molecule has 0 saturated carbocycles. The molecule has 0 aliphatic rings. The van der Waals surface area contributed by atoms with Crippen molar-refractivity contribution >= 4 is 5.97 Å². The number of nitrogens with one attached hydrogen (secondary N) is 1. The van der Waals surface area contributed by atoms with Gasteiger partial charge in [-0.3, -0.25) is 4.79 Å². The first-order valence-electron chi connectivity index (χ1n) is 6.83. The van der Waals surface area contributed by atoms with Crippen molar-refractivity contribution in [2.75, 3.05) is 13.1 Å².